The molecule has 1 saturated heterocycles. The van der Waals surface area contributed by atoms with Crippen molar-refractivity contribution >= 4 is 23.2 Å². The minimum absolute atomic E-state index is 0.0567. The van der Waals surface area contributed by atoms with Crippen LogP contribution in [-0.4, -0.2) is 28.8 Å². The molecule has 2 heterocycles. The molecule has 142 valence electrons. The summed E-state index contributed by atoms with van der Waals surface area (Å²) in [4.78, 5) is 23.3. The van der Waals surface area contributed by atoms with E-state index in [-0.39, 0.29) is 5.78 Å². The Kier molecular flexibility index (Phi) is 5.33. The van der Waals surface area contributed by atoms with Crippen LogP contribution in [0.4, 0.5) is 17.5 Å². The Balaban J connectivity index is 1.67. The van der Waals surface area contributed by atoms with E-state index in [1.165, 1.54) is 19.3 Å². The summed E-state index contributed by atoms with van der Waals surface area (Å²) in [5, 5.41) is 3.30. The Morgan fingerprint density at radius 2 is 1.64 bits per heavy atom. The van der Waals surface area contributed by atoms with Crippen molar-refractivity contribution in [3.05, 3.63) is 66.2 Å². The monoisotopic (exact) mass is 372 g/mol. The molecule has 1 aliphatic rings. The molecular weight excluding hydrogens is 348 g/mol. The molecule has 28 heavy (non-hydrogen) atoms. The molecule has 1 aliphatic heterocycles. The van der Waals surface area contributed by atoms with Crippen molar-refractivity contribution in [2.45, 2.75) is 26.2 Å². The van der Waals surface area contributed by atoms with Crippen LogP contribution in [0.3, 0.4) is 0 Å². The molecule has 4 rings (SSSR count). The topological polar surface area (TPSA) is 58.1 Å². The second-order valence-corrected chi connectivity index (χ2v) is 7.11. The van der Waals surface area contributed by atoms with Gasteiger partial charge in [0.15, 0.2) is 5.78 Å². The standard InChI is InChI=1S/C23H24N4O/c1-17(28)18-10-12-20(13-11-18)24-23-25-21(19-8-4-2-5-9-19)16-22(26-23)27-14-6-3-7-15-27/h2,4-5,8-13,16H,3,6-7,14-15H2,1H3,(H,24,25,26). The maximum absolute atomic E-state index is 11.5. The van der Waals surface area contributed by atoms with E-state index in [1.807, 2.05) is 42.5 Å². The van der Waals surface area contributed by atoms with Crippen molar-refractivity contribution in [2.24, 2.45) is 0 Å². The summed E-state index contributed by atoms with van der Waals surface area (Å²) in [6, 6.07) is 19.6. The lowest BCUT2D eigenvalue weighted by atomic mass is 10.1. The zero-order valence-corrected chi connectivity index (χ0v) is 16.1. The van der Waals surface area contributed by atoms with Gasteiger partial charge in [-0.1, -0.05) is 30.3 Å². The highest BCUT2D eigenvalue weighted by Gasteiger charge is 2.15. The number of ketones is 1. The molecule has 0 aliphatic carbocycles. The van der Waals surface area contributed by atoms with Gasteiger partial charge >= 0.3 is 0 Å². The summed E-state index contributed by atoms with van der Waals surface area (Å²) in [6.07, 6.45) is 3.67. The second-order valence-electron chi connectivity index (χ2n) is 7.11. The molecule has 1 fully saturated rings. The zero-order chi connectivity index (χ0) is 19.3. The summed E-state index contributed by atoms with van der Waals surface area (Å²) in [5.74, 6) is 1.58. The van der Waals surface area contributed by atoms with Gasteiger partial charge in [-0.05, 0) is 50.5 Å². The van der Waals surface area contributed by atoms with Crippen LogP contribution >= 0.6 is 0 Å². The Bertz CT molecular complexity index is 948. The number of hydrogen-bond acceptors (Lipinski definition) is 5. The normalized spacial score (nSPS) is 14.0. The Hall–Kier alpha value is -3.21. The molecule has 5 heteroatoms. The van der Waals surface area contributed by atoms with E-state index >= 15 is 0 Å². The van der Waals surface area contributed by atoms with Crippen molar-refractivity contribution in [1.82, 2.24) is 9.97 Å². The smallest absolute Gasteiger partial charge is 0.229 e. The van der Waals surface area contributed by atoms with Crippen molar-refractivity contribution in [2.75, 3.05) is 23.3 Å². The maximum Gasteiger partial charge on any atom is 0.229 e. The van der Waals surface area contributed by atoms with Gasteiger partial charge in [0, 0.05) is 36.0 Å². The Morgan fingerprint density at radius 3 is 2.32 bits per heavy atom. The average molecular weight is 372 g/mol. The van der Waals surface area contributed by atoms with E-state index in [4.69, 9.17) is 9.97 Å². The fourth-order valence-electron chi connectivity index (χ4n) is 3.45. The first-order valence-corrected chi connectivity index (χ1v) is 9.76. The number of benzene rings is 2. The number of nitrogens with one attached hydrogen (secondary N) is 1. The summed E-state index contributed by atoms with van der Waals surface area (Å²) in [5.41, 5.74) is 3.52. The molecule has 0 radical (unpaired) electrons. The number of rotatable bonds is 5. The minimum atomic E-state index is 0.0567. The van der Waals surface area contributed by atoms with Crippen molar-refractivity contribution in [1.29, 1.82) is 0 Å². The first-order chi connectivity index (χ1) is 13.7. The van der Waals surface area contributed by atoms with E-state index in [0.29, 0.717) is 11.5 Å². The summed E-state index contributed by atoms with van der Waals surface area (Å²) >= 11 is 0. The molecule has 1 N–H and O–H groups in total. The van der Waals surface area contributed by atoms with Crippen LogP contribution in [0.5, 0.6) is 0 Å². The minimum Gasteiger partial charge on any atom is -0.356 e. The SMILES string of the molecule is CC(=O)c1ccc(Nc2nc(-c3ccccc3)cc(N3CCCCC3)n2)cc1. The van der Waals surface area contributed by atoms with Gasteiger partial charge in [-0.15, -0.1) is 0 Å². The first-order valence-electron chi connectivity index (χ1n) is 9.76. The van der Waals surface area contributed by atoms with Crippen LogP contribution in [0.15, 0.2) is 60.7 Å². The highest BCUT2D eigenvalue weighted by Crippen LogP contribution is 2.26. The van der Waals surface area contributed by atoms with E-state index < -0.39 is 0 Å². The number of nitrogens with zero attached hydrogens (tertiary/aromatic N) is 3. The predicted molar refractivity (Wildman–Crippen MR) is 113 cm³/mol. The quantitative estimate of drug-likeness (QED) is 0.633. The van der Waals surface area contributed by atoms with Gasteiger partial charge in [0.2, 0.25) is 5.95 Å². The van der Waals surface area contributed by atoms with Crippen LogP contribution in [-0.2, 0) is 0 Å². The van der Waals surface area contributed by atoms with Gasteiger partial charge in [0.1, 0.15) is 5.82 Å². The third-order valence-electron chi connectivity index (χ3n) is 5.01. The molecule has 2 aromatic carbocycles. The lowest BCUT2D eigenvalue weighted by Gasteiger charge is -2.28. The number of carbonyl (C=O) groups excluding carboxylic acids is 1. The summed E-state index contributed by atoms with van der Waals surface area (Å²) in [7, 11) is 0. The summed E-state index contributed by atoms with van der Waals surface area (Å²) < 4.78 is 0. The molecular formula is C23H24N4O. The summed E-state index contributed by atoms with van der Waals surface area (Å²) in [6.45, 7) is 3.62. The zero-order valence-electron chi connectivity index (χ0n) is 16.1. The molecule has 0 atom stereocenters. The predicted octanol–water partition coefficient (Wildman–Crippen LogP) is 5.08. The fraction of sp³-hybridized carbons (Fsp3) is 0.261. The highest BCUT2D eigenvalue weighted by molar-refractivity contribution is 5.94. The number of hydrogen-bond donors (Lipinski definition) is 1. The van der Waals surface area contributed by atoms with Crippen LogP contribution in [0, 0.1) is 0 Å². The highest BCUT2D eigenvalue weighted by atomic mass is 16.1. The Labute approximate surface area is 165 Å². The van der Waals surface area contributed by atoms with E-state index in [9.17, 15) is 4.79 Å². The average Bonchev–Trinajstić information content (AvgIpc) is 2.75. The molecule has 0 amide bonds. The molecule has 0 saturated carbocycles. The van der Waals surface area contributed by atoms with Crippen molar-refractivity contribution in [3.63, 3.8) is 0 Å². The largest absolute Gasteiger partial charge is 0.356 e. The fourth-order valence-corrected chi connectivity index (χ4v) is 3.45. The van der Waals surface area contributed by atoms with Gasteiger partial charge in [0.05, 0.1) is 5.69 Å². The lowest BCUT2D eigenvalue weighted by molar-refractivity contribution is 0.101. The van der Waals surface area contributed by atoms with Gasteiger partial charge in [-0.3, -0.25) is 4.79 Å². The van der Waals surface area contributed by atoms with Crippen LogP contribution < -0.4 is 10.2 Å². The number of carbonyl (C=O) groups is 1. The van der Waals surface area contributed by atoms with Gasteiger partial charge in [-0.25, -0.2) is 4.98 Å². The van der Waals surface area contributed by atoms with Crippen molar-refractivity contribution in [3.8, 4) is 11.3 Å². The molecule has 1 aromatic heterocycles. The van der Waals surface area contributed by atoms with Gasteiger partial charge in [0.25, 0.3) is 0 Å². The van der Waals surface area contributed by atoms with Gasteiger partial charge < -0.3 is 10.2 Å². The van der Waals surface area contributed by atoms with E-state index in [1.54, 1.807) is 6.92 Å². The van der Waals surface area contributed by atoms with Gasteiger partial charge in [-0.2, -0.15) is 4.98 Å². The second kappa shape index (κ2) is 8.21. The first kappa shape index (κ1) is 18.2. The van der Waals surface area contributed by atoms with E-state index in [2.05, 4.69) is 28.4 Å². The molecule has 5 nitrogen and oxygen atoms in total. The third-order valence-corrected chi connectivity index (χ3v) is 5.01. The molecule has 3 aromatic rings. The molecule has 0 bridgehead atoms. The lowest BCUT2D eigenvalue weighted by Crippen LogP contribution is -2.30. The Morgan fingerprint density at radius 1 is 0.929 bits per heavy atom. The number of piperidine rings is 1. The number of Topliss-reactive ketones (excluding diaryl/α,β-unsaturated/α-hetero) is 1. The van der Waals surface area contributed by atoms with Crippen LogP contribution in [0.2, 0.25) is 0 Å². The van der Waals surface area contributed by atoms with Crippen LogP contribution in [0.1, 0.15) is 36.5 Å². The van der Waals surface area contributed by atoms with Crippen molar-refractivity contribution < 1.29 is 4.79 Å². The van der Waals surface area contributed by atoms with E-state index in [0.717, 1.165) is 35.9 Å². The maximum atomic E-state index is 11.5. The molecule has 0 spiro atoms. The van der Waals surface area contributed by atoms with Crippen LogP contribution in [0.25, 0.3) is 11.3 Å². The number of anilines is 3. The molecule has 0 unspecified atom stereocenters. The number of aromatic nitrogens is 2. The third kappa shape index (κ3) is 4.19.